The number of carbonyl (C=O) groups is 1. The minimum absolute atomic E-state index is 0. The SMILES string of the molecule is Cc1cc(Nc2ccc(C(=O)O)cc2)nc(N)n1.Cl. The fourth-order valence-electron chi connectivity index (χ4n) is 1.50. The van der Waals surface area contributed by atoms with Gasteiger partial charge >= 0.3 is 5.97 Å². The Morgan fingerprint density at radius 2 is 1.89 bits per heavy atom. The van der Waals surface area contributed by atoms with Crippen molar-refractivity contribution in [3.63, 3.8) is 0 Å². The molecular weight excluding hydrogens is 268 g/mol. The van der Waals surface area contributed by atoms with Crippen LogP contribution in [-0.2, 0) is 0 Å². The first-order valence-corrected chi connectivity index (χ1v) is 5.26. The van der Waals surface area contributed by atoms with Gasteiger partial charge in [-0.05, 0) is 31.2 Å². The molecule has 0 saturated heterocycles. The van der Waals surface area contributed by atoms with E-state index in [1.54, 1.807) is 18.2 Å². The molecule has 2 aromatic rings. The number of nitrogens with zero attached hydrogens (tertiary/aromatic N) is 2. The molecule has 1 heterocycles. The number of aromatic carboxylic acids is 1. The summed E-state index contributed by atoms with van der Waals surface area (Å²) in [7, 11) is 0. The lowest BCUT2D eigenvalue weighted by Gasteiger charge is -2.07. The Labute approximate surface area is 116 Å². The van der Waals surface area contributed by atoms with Crippen LogP contribution in [0, 0.1) is 6.92 Å². The number of aryl methyl sites for hydroxylation is 1. The number of carboxylic acids is 1. The summed E-state index contributed by atoms with van der Waals surface area (Å²) in [6.45, 7) is 1.82. The van der Waals surface area contributed by atoms with Gasteiger partial charge in [0.25, 0.3) is 0 Å². The average Bonchev–Trinajstić information content (AvgIpc) is 2.28. The minimum Gasteiger partial charge on any atom is -0.478 e. The van der Waals surface area contributed by atoms with E-state index in [4.69, 9.17) is 10.8 Å². The van der Waals surface area contributed by atoms with Gasteiger partial charge in [-0.2, -0.15) is 4.98 Å². The molecule has 0 atom stereocenters. The summed E-state index contributed by atoms with van der Waals surface area (Å²) in [5, 5.41) is 11.8. The summed E-state index contributed by atoms with van der Waals surface area (Å²) in [6.07, 6.45) is 0. The second-order valence-electron chi connectivity index (χ2n) is 3.76. The van der Waals surface area contributed by atoms with Gasteiger partial charge in [0, 0.05) is 17.4 Å². The zero-order chi connectivity index (χ0) is 13.1. The van der Waals surface area contributed by atoms with E-state index in [9.17, 15) is 4.79 Å². The van der Waals surface area contributed by atoms with Crippen molar-refractivity contribution in [1.82, 2.24) is 9.97 Å². The second kappa shape index (κ2) is 6.01. The lowest BCUT2D eigenvalue weighted by Crippen LogP contribution is -2.01. The number of nitrogen functional groups attached to an aromatic ring is 1. The number of hydrogen-bond donors (Lipinski definition) is 3. The topological polar surface area (TPSA) is 101 Å². The summed E-state index contributed by atoms with van der Waals surface area (Å²) in [6, 6.07) is 8.11. The normalized spacial score (nSPS) is 9.53. The number of carboxylic acid groups (broad SMARTS) is 1. The third-order valence-corrected chi connectivity index (χ3v) is 2.28. The van der Waals surface area contributed by atoms with Crippen molar-refractivity contribution >= 4 is 35.8 Å². The number of benzene rings is 1. The highest BCUT2D eigenvalue weighted by Crippen LogP contribution is 2.16. The van der Waals surface area contributed by atoms with E-state index >= 15 is 0 Å². The average molecular weight is 281 g/mol. The number of nitrogens with one attached hydrogen (secondary N) is 1. The van der Waals surface area contributed by atoms with Crippen molar-refractivity contribution < 1.29 is 9.90 Å². The smallest absolute Gasteiger partial charge is 0.335 e. The van der Waals surface area contributed by atoms with Crippen LogP contribution < -0.4 is 11.1 Å². The maximum Gasteiger partial charge on any atom is 0.335 e. The Morgan fingerprint density at radius 3 is 2.42 bits per heavy atom. The predicted molar refractivity (Wildman–Crippen MR) is 75.1 cm³/mol. The van der Waals surface area contributed by atoms with E-state index in [0.29, 0.717) is 5.82 Å². The van der Waals surface area contributed by atoms with Crippen molar-refractivity contribution in [2.75, 3.05) is 11.1 Å². The first kappa shape index (κ1) is 14.7. The minimum atomic E-state index is -0.955. The molecule has 1 aromatic carbocycles. The molecule has 0 aliphatic carbocycles. The number of anilines is 3. The first-order chi connectivity index (χ1) is 8.54. The van der Waals surface area contributed by atoms with Gasteiger partial charge < -0.3 is 16.2 Å². The quantitative estimate of drug-likeness (QED) is 0.797. The molecule has 0 amide bonds. The van der Waals surface area contributed by atoms with Crippen LogP contribution in [0.1, 0.15) is 16.1 Å². The molecule has 4 N–H and O–H groups in total. The number of rotatable bonds is 3. The van der Waals surface area contributed by atoms with Gasteiger partial charge in [0.1, 0.15) is 5.82 Å². The highest BCUT2D eigenvalue weighted by atomic mass is 35.5. The van der Waals surface area contributed by atoms with Crippen LogP contribution >= 0.6 is 12.4 Å². The third kappa shape index (κ3) is 3.82. The highest BCUT2D eigenvalue weighted by Gasteiger charge is 2.03. The van der Waals surface area contributed by atoms with Gasteiger partial charge in [-0.1, -0.05) is 0 Å². The van der Waals surface area contributed by atoms with Gasteiger partial charge in [0.05, 0.1) is 5.56 Å². The maximum atomic E-state index is 10.7. The summed E-state index contributed by atoms with van der Waals surface area (Å²) < 4.78 is 0. The summed E-state index contributed by atoms with van der Waals surface area (Å²) in [5.41, 5.74) is 7.26. The highest BCUT2D eigenvalue weighted by molar-refractivity contribution is 5.88. The molecule has 6 nitrogen and oxygen atoms in total. The van der Waals surface area contributed by atoms with Gasteiger partial charge in [-0.15, -0.1) is 12.4 Å². The molecule has 1 aromatic heterocycles. The standard InChI is InChI=1S/C12H12N4O2.ClH/c1-7-6-10(16-12(13)14-7)15-9-4-2-8(3-5-9)11(17)18;/h2-6H,1H3,(H,17,18)(H3,13,14,15,16);1H. The van der Waals surface area contributed by atoms with E-state index in [-0.39, 0.29) is 23.9 Å². The van der Waals surface area contributed by atoms with Crippen LogP contribution in [0.3, 0.4) is 0 Å². The van der Waals surface area contributed by atoms with Crippen LogP contribution in [0.5, 0.6) is 0 Å². The molecule has 0 aliphatic rings. The van der Waals surface area contributed by atoms with E-state index in [0.717, 1.165) is 11.4 Å². The number of hydrogen-bond acceptors (Lipinski definition) is 5. The summed E-state index contributed by atoms with van der Waals surface area (Å²) in [5.74, 6) is -0.189. The molecule has 0 bridgehead atoms. The maximum absolute atomic E-state index is 10.7. The molecule has 100 valence electrons. The molecular formula is C12H13ClN4O2. The zero-order valence-electron chi connectivity index (χ0n) is 10.1. The Hall–Kier alpha value is -2.34. The lowest BCUT2D eigenvalue weighted by atomic mass is 10.2. The van der Waals surface area contributed by atoms with Crippen LogP contribution in [0.25, 0.3) is 0 Å². The molecule has 0 radical (unpaired) electrons. The Morgan fingerprint density at radius 1 is 1.26 bits per heavy atom. The van der Waals surface area contributed by atoms with E-state index < -0.39 is 5.97 Å². The fraction of sp³-hybridized carbons (Fsp3) is 0.0833. The van der Waals surface area contributed by atoms with Crippen LogP contribution in [0.2, 0.25) is 0 Å². The molecule has 0 unspecified atom stereocenters. The molecule has 0 spiro atoms. The van der Waals surface area contributed by atoms with Crippen LogP contribution in [0.4, 0.5) is 17.5 Å². The van der Waals surface area contributed by atoms with Gasteiger partial charge in [0.15, 0.2) is 0 Å². The fourth-order valence-corrected chi connectivity index (χ4v) is 1.50. The zero-order valence-corrected chi connectivity index (χ0v) is 10.9. The third-order valence-electron chi connectivity index (χ3n) is 2.28. The summed E-state index contributed by atoms with van der Waals surface area (Å²) >= 11 is 0. The summed E-state index contributed by atoms with van der Waals surface area (Å²) in [4.78, 5) is 18.7. The first-order valence-electron chi connectivity index (χ1n) is 5.26. The van der Waals surface area contributed by atoms with Gasteiger partial charge in [-0.25, -0.2) is 9.78 Å². The predicted octanol–water partition coefficient (Wildman–Crippen LogP) is 2.23. The monoisotopic (exact) mass is 280 g/mol. The molecule has 0 saturated carbocycles. The van der Waals surface area contributed by atoms with Crippen molar-refractivity contribution in [2.24, 2.45) is 0 Å². The van der Waals surface area contributed by atoms with Crippen molar-refractivity contribution in [3.05, 3.63) is 41.6 Å². The van der Waals surface area contributed by atoms with Crippen LogP contribution in [-0.4, -0.2) is 21.0 Å². The molecule has 7 heteroatoms. The van der Waals surface area contributed by atoms with Crippen molar-refractivity contribution in [1.29, 1.82) is 0 Å². The Bertz CT molecular complexity index is 567. The van der Waals surface area contributed by atoms with Gasteiger partial charge in [-0.3, -0.25) is 0 Å². The lowest BCUT2D eigenvalue weighted by molar-refractivity contribution is 0.0697. The molecule has 0 aliphatic heterocycles. The van der Waals surface area contributed by atoms with E-state index in [1.807, 2.05) is 6.92 Å². The Kier molecular flexibility index (Phi) is 4.66. The molecule has 0 fully saturated rings. The molecule has 19 heavy (non-hydrogen) atoms. The van der Waals surface area contributed by atoms with E-state index in [1.165, 1.54) is 12.1 Å². The second-order valence-corrected chi connectivity index (χ2v) is 3.76. The van der Waals surface area contributed by atoms with Crippen molar-refractivity contribution in [2.45, 2.75) is 6.92 Å². The largest absolute Gasteiger partial charge is 0.478 e. The number of nitrogens with two attached hydrogens (primary N) is 1. The molecule has 2 rings (SSSR count). The van der Waals surface area contributed by atoms with Crippen molar-refractivity contribution in [3.8, 4) is 0 Å². The van der Waals surface area contributed by atoms with E-state index in [2.05, 4.69) is 15.3 Å². The number of halogens is 1. The van der Waals surface area contributed by atoms with Crippen LogP contribution in [0.15, 0.2) is 30.3 Å². The van der Waals surface area contributed by atoms with Gasteiger partial charge in [0.2, 0.25) is 5.95 Å². The number of aromatic nitrogens is 2. The Balaban J connectivity index is 0.00000180.